The number of halogens is 2. The van der Waals surface area contributed by atoms with Crippen molar-refractivity contribution in [1.29, 1.82) is 0 Å². The minimum atomic E-state index is -1.51. The van der Waals surface area contributed by atoms with E-state index in [4.69, 9.17) is 147 Å². The molecule has 0 spiro atoms. The summed E-state index contributed by atoms with van der Waals surface area (Å²) in [5.74, 6) is -1.10. The second-order valence-electron chi connectivity index (χ2n) is 36.7. The van der Waals surface area contributed by atoms with Crippen LogP contribution >= 0.6 is 0 Å². The van der Waals surface area contributed by atoms with Crippen molar-refractivity contribution in [1.82, 2.24) is 33.9 Å². The maximum Gasteiger partial charge on any atom is 0.298 e. The Balaban J connectivity index is 0.000000183. The van der Waals surface area contributed by atoms with Gasteiger partial charge in [0, 0.05) is 185 Å². The van der Waals surface area contributed by atoms with Crippen LogP contribution in [0.15, 0.2) is 57.6 Å². The number of fused-ring (bicyclic) bond motifs is 2. The number of aliphatic hydroxyl groups is 12. The molecule has 12 aliphatic rings. The summed E-state index contributed by atoms with van der Waals surface area (Å²) in [7, 11) is 0. The van der Waals surface area contributed by atoms with Gasteiger partial charge in [0.2, 0.25) is 10.9 Å². The number of nitrogens with two attached hydrogens (primary N) is 12. The zero-order valence-corrected chi connectivity index (χ0v) is 84.0. The van der Waals surface area contributed by atoms with Crippen LogP contribution in [0.2, 0.25) is 0 Å². The van der Waals surface area contributed by atoms with Crippen LogP contribution in [0.1, 0.15) is 50.6 Å². The van der Waals surface area contributed by atoms with Gasteiger partial charge in [-0.15, -0.1) is 11.4 Å². The molecular formula is C86H130F2N24O30Y2-4. The molecule has 12 fully saturated rings. The monoisotopic (exact) mass is 2190 g/mol. The van der Waals surface area contributed by atoms with Gasteiger partial charge < -0.3 is 253 Å². The van der Waals surface area contributed by atoms with Crippen LogP contribution in [0.25, 0.3) is 32.2 Å². The smallest absolute Gasteiger partial charge is 0.298 e. The number of rotatable bonds is 28. The van der Waals surface area contributed by atoms with E-state index in [2.05, 4.69) is 51.7 Å². The Hall–Kier alpha value is -6.04. The van der Waals surface area contributed by atoms with E-state index in [1.54, 1.807) is 29.2 Å². The number of hydrogen-bond acceptors (Lipinski definition) is 49. The Labute approximate surface area is 874 Å². The number of terminal acetylenes is 1. The first-order valence-corrected chi connectivity index (χ1v) is 46.4. The van der Waals surface area contributed by atoms with E-state index < -0.39 is 255 Å². The van der Waals surface area contributed by atoms with Gasteiger partial charge in [-0.1, -0.05) is 5.11 Å². The van der Waals surface area contributed by atoms with E-state index in [1.165, 1.54) is 18.3 Å². The number of ether oxygens (including phenoxy) is 14. The first kappa shape index (κ1) is 118. The molecule has 58 heteroatoms. The van der Waals surface area contributed by atoms with Crippen LogP contribution < -0.4 is 98.9 Å². The van der Waals surface area contributed by atoms with Crippen LogP contribution in [-0.2, 0) is 139 Å². The molecule has 144 heavy (non-hydrogen) atoms. The SMILES string of the molecule is O=COc1cn(C2CC2)c2cc(N3CCN(Cn4c[c-]nn4)CC3)c(F)cc2c1=O.[C-]#C.[CH2-][C@H]1O[C@@H](OC2[C@H](O[C@H]3OC(CN)[C@@H](O)C(O)[C@@H]3N)C(N)C[C@@H](N)[C@H]2O)C(O)[C@H]1O[C@H]1O[C@@H](CN)[C@@H](O)C(O)C1N.[CH2-][C@H]1O[C@@H](OC2[C@H](O[C@H]3OC(CN)[C@@H](O)C(O)[C@@H]3N)C(N)C[C@@H](N)[C@H]2O)C(O)[C@H]1O[C@H]1O[C@@H](CN)[C@@H](O)C(O)C1N.[N-]=[N+]=NCN1CCN(c2cc3c(cc2F)c(=O)c(OC=O)cn3C2CC2)CC1.[Y].[Y]. The third kappa shape index (κ3) is 26.6. The van der Waals surface area contributed by atoms with E-state index in [-0.39, 0.29) is 152 Å². The number of azide groups is 1. The number of benzene rings is 2. The molecule has 0 amide bonds. The van der Waals surface area contributed by atoms with Crippen LogP contribution in [0.5, 0.6) is 11.5 Å². The van der Waals surface area contributed by atoms with Gasteiger partial charge in [0.05, 0.1) is 107 Å². The molecule has 14 unspecified atom stereocenters. The number of piperazine rings is 2. The number of carbonyl (C=O) groups is 2. The van der Waals surface area contributed by atoms with Gasteiger partial charge in [0.25, 0.3) is 12.9 Å². The minimum absolute atomic E-state index is 0. The summed E-state index contributed by atoms with van der Waals surface area (Å²) in [6, 6.07) is -1.68. The maximum absolute atomic E-state index is 15.0. The Morgan fingerprint density at radius 2 is 0.792 bits per heavy atom. The quantitative estimate of drug-likeness (QED) is 0.00552. The van der Waals surface area contributed by atoms with Crippen LogP contribution in [-0.4, -0.2) is 426 Å². The third-order valence-corrected chi connectivity index (χ3v) is 27.3. The number of carbonyl (C=O) groups excluding carboxylic acids is 2. The number of hydrogen-bond donors (Lipinski definition) is 24. The molecule has 17 rings (SSSR count). The second-order valence-corrected chi connectivity index (χ2v) is 36.7. The van der Waals surface area contributed by atoms with Gasteiger partial charge in [-0.2, -0.15) is 0 Å². The fraction of sp³-hybridized carbons (Fsp3) is 0.698. The average Bonchev–Trinajstić information content (AvgIpc) is 1.49. The van der Waals surface area contributed by atoms with Gasteiger partial charge in [-0.3, -0.25) is 33.7 Å². The summed E-state index contributed by atoms with van der Waals surface area (Å²) in [5, 5.41) is 137. The van der Waals surface area contributed by atoms with Crippen molar-refractivity contribution in [3.8, 4) is 17.9 Å². The number of anilines is 2. The maximum atomic E-state index is 15.0. The summed E-state index contributed by atoms with van der Waals surface area (Å²) in [5.41, 5.74) is 81.0. The Morgan fingerprint density at radius 3 is 1.10 bits per heavy atom. The van der Waals surface area contributed by atoms with E-state index in [0.29, 0.717) is 75.0 Å². The minimum Gasteiger partial charge on any atom is -0.697 e. The van der Waals surface area contributed by atoms with Crippen molar-refractivity contribution < 1.29 is 211 Å². The molecule has 4 saturated carbocycles. The van der Waals surface area contributed by atoms with Crippen LogP contribution in [0.4, 0.5) is 20.2 Å². The summed E-state index contributed by atoms with van der Waals surface area (Å²) in [6.07, 6.45) is -17.4. The molecule has 798 valence electrons. The van der Waals surface area contributed by atoms with Crippen molar-refractivity contribution >= 4 is 46.1 Å². The zero-order valence-electron chi connectivity index (χ0n) is 78.3. The molecule has 36 N–H and O–H groups in total. The number of pyridine rings is 2. The Morgan fingerprint density at radius 1 is 0.465 bits per heavy atom. The molecule has 4 aliphatic carbocycles. The van der Waals surface area contributed by atoms with Crippen molar-refractivity contribution in [3.05, 3.63) is 112 Å². The van der Waals surface area contributed by atoms with Crippen molar-refractivity contribution in [2.45, 2.75) is 290 Å². The molecule has 8 saturated heterocycles. The molecule has 38 atom stereocenters. The molecule has 11 heterocycles. The van der Waals surface area contributed by atoms with E-state index in [9.17, 15) is 84.8 Å². The summed E-state index contributed by atoms with van der Waals surface area (Å²) < 4.78 is 114. The zero-order chi connectivity index (χ0) is 103. The third-order valence-electron chi connectivity index (χ3n) is 27.3. The number of nitrogens with zero attached hydrogens (tertiary/aromatic N) is 12. The Bertz CT molecular complexity index is 5010. The van der Waals surface area contributed by atoms with Crippen molar-refractivity contribution in [3.63, 3.8) is 0 Å². The molecule has 2 aromatic carbocycles. The van der Waals surface area contributed by atoms with Crippen LogP contribution in [0.3, 0.4) is 0 Å². The number of aliphatic hydroxyl groups excluding tert-OH is 12. The fourth-order valence-electron chi connectivity index (χ4n) is 18.8. The number of aromatic nitrogens is 5. The largest absolute Gasteiger partial charge is 0.697 e. The first-order chi connectivity index (χ1) is 67.8. The molecule has 3 aromatic heterocycles. The molecular weight excluding hydrogens is 2060 g/mol. The predicted molar refractivity (Wildman–Crippen MR) is 488 cm³/mol. The predicted octanol–water partition coefficient (Wildman–Crippen LogP) is -12.3. The van der Waals surface area contributed by atoms with Crippen molar-refractivity contribution in [2.75, 3.05) is 95.0 Å². The van der Waals surface area contributed by atoms with Gasteiger partial charge in [-0.25, -0.2) is 8.78 Å². The summed E-state index contributed by atoms with van der Waals surface area (Å²) in [6.45, 7) is 13.7. The molecule has 2 radical (unpaired) electrons. The molecule has 54 nitrogen and oxygen atoms in total. The van der Waals surface area contributed by atoms with E-state index >= 15 is 4.39 Å². The normalized spacial score (nSPS) is 38.2. The summed E-state index contributed by atoms with van der Waals surface area (Å²) >= 11 is 0. The standard InChI is InChI=1S/2C23H45N6O12.C20H20FN6O3.C18H19FN6O3.C2H.2Y/c2*1-5-18(39-21-10(28)15(33)13(31)8(3-24)37-21)17(35)23(36-5)41-20-12(30)6(26)2-7(27)19(20)40-22-11(29)16(34)14(32)9(4-25)38-22;21-16-9-15-17(27(14-1-2-14)11-19(20(15)29)30-13-28)10-18(16)25-7-5-24(6-8-25)12-26-4-3-22-23-26;19-14-7-13-15(25(12-1-2-12)9-17(18(13)27)28-11-26)8-16(14)24-5-3-23(4-6-24)10-21-22-20;1-2;;/h2*5-23,30-35H,1-4,24-29H2;4,9-11,13-14H,1-2,5-8,12H2;7-9,11-12H,1-6,10H2;1H;;/q3*-1;;-1;;/t2*5-,6-,7?,8+,9?,10?,11+,12-,13-,14-,15?,16?,17?,18+,19-,20?,21-,22-,23+;;;;;/m11...../s1. The van der Waals surface area contributed by atoms with Gasteiger partial charge >= 0.3 is 0 Å². The first-order valence-electron chi connectivity index (χ1n) is 46.4. The van der Waals surface area contributed by atoms with E-state index in [0.717, 1.165) is 38.8 Å². The van der Waals surface area contributed by atoms with Gasteiger partial charge in [-0.05, 0) is 80.5 Å². The molecule has 0 bridgehead atoms. The van der Waals surface area contributed by atoms with E-state index in [1.807, 2.05) is 23.8 Å². The second kappa shape index (κ2) is 52.8. The molecule has 5 aromatic rings. The topological polar surface area (TPSA) is 855 Å². The average molecular weight is 2200 g/mol. The molecule has 8 aliphatic heterocycles. The fourth-order valence-corrected chi connectivity index (χ4v) is 18.8. The van der Waals surface area contributed by atoms with Crippen LogP contribution in [0, 0.1) is 44.5 Å². The van der Waals surface area contributed by atoms with Gasteiger partial charge in [0.1, 0.15) is 122 Å². The summed E-state index contributed by atoms with van der Waals surface area (Å²) in [4.78, 5) is 57.6. The Kier molecular flexibility index (Phi) is 43.3. The van der Waals surface area contributed by atoms with Gasteiger partial charge in [0.15, 0.2) is 49.2 Å². The van der Waals surface area contributed by atoms with Crippen molar-refractivity contribution in [2.24, 2.45) is 73.9 Å².